The molecular formula is C10H16NO3P. The summed E-state index contributed by atoms with van der Waals surface area (Å²) < 4.78 is 31.0. The SMILES string of the molecule is [2H]C[C@H]1O[C@H]([3H])C[C@@H]1OP(C=C)OCC[N+]#[C-]. The Morgan fingerprint density at radius 3 is 3.53 bits per heavy atom. The summed E-state index contributed by atoms with van der Waals surface area (Å²) in [5.74, 6) is 1.57. The van der Waals surface area contributed by atoms with E-state index in [2.05, 4.69) is 11.4 Å². The largest absolute Gasteiger partial charge is 0.376 e. The quantitative estimate of drug-likeness (QED) is 0.401. The van der Waals surface area contributed by atoms with Gasteiger partial charge in [-0.25, -0.2) is 6.57 Å². The first-order chi connectivity index (χ1) is 8.21. The second-order valence-electron chi connectivity index (χ2n) is 2.90. The van der Waals surface area contributed by atoms with Crippen molar-refractivity contribution in [2.45, 2.75) is 25.5 Å². The van der Waals surface area contributed by atoms with Gasteiger partial charge in [0.15, 0.2) is 8.38 Å². The third-order valence-electron chi connectivity index (χ3n) is 1.82. The minimum atomic E-state index is -1.26. The van der Waals surface area contributed by atoms with Crippen LogP contribution in [0.25, 0.3) is 4.85 Å². The molecule has 1 heterocycles. The molecule has 1 unspecified atom stereocenters. The van der Waals surface area contributed by atoms with Crippen molar-refractivity contribution in [2.75, 3.05) is 19.7 Å². The fourth-order valence-electron chi connectivity index (χ4n) is 1.06. The maximum absolute atomic E-state index is 7.48. The van der Waals surface area contributed by atoms with Gasteiger partial charge in [0.25, 0.3) is 0 Å². The van der Waals surface area contributed by atoms with Gasteiger partial charge in [-0.15, -0.1) is 0 Å². The Morgan fingerprint density at radius 1 is 2.00 bits per heavy atom. The van der Waals surface area contributed by atoms with Gasteiger partial charge < -0.3 is 18.6 Å². The van der Waals surface area contributed by atoms with Gasteiger partial charge in [-0.2, -0.15) is 0 Å². The molecule has 0 N–H and O–H groups in total. The Balaban J connectivity index is 2.39. The van der Waals surface area contributed by atoms with E-state index in [1.54, 1.807) is 5.82 Å². The van der Waals surface area contributed by atoms with Crippen LogP contribution in [0.3, 0.4) is 0 Å². The van der Waals surface area contributed by atoms with E-state index in [1.807, 2.05) is 0 Å². The molecule has 15 heavy (non-hydrogen) atoms. The molecule has 0 aliphatic carbocycles. The van der Waals surface area contributed by atoms with Crippen LogP contribution in [0.15, 0.2) is 12.4 Å². The summed E-state index contributed by atoms with van der Waals surface area (Å²) in [6.07, 6.45) is -0.207. The second kappa shape index (κ2) is 6.92. The first-order valence-corrected chi connectivity index (χ1v) is 5.87. The highest BCUT2D eigenvalue weighted by Crippen LogP contribution is 2.42. The number of nitrogens with zero attached hydrogens (tertiary/aromatic N) is 1. The molecule has 0 aromatic rings. The Kier molecular flexibility index (Phi) is 4.50. The molecule has 1 aliphatic rings. The van der Waals surface area contributed by atoms with Crippen molar-refractivity contribution in [1.29, 1.82) is 0 Å². The first-order valence-electron chi connectivity index (χ1n) is 5.91. The van der Waals surface area contributed by atoms with Crippen molar-refractivity contribution in [3.8, 4) is 0 Å². The van der Waals surface area contributed by atoms with Gasteiger partial charge in [-0.3, -0.25) is 0 Å². The Bertz CT molecular complexity index is 287. The molecule has 0 amide bonds. The summed E-state index contributed by atoms with van der Waals surface area (Å²) in [5.41, 5.74) is 0. The number of ether oxygens (including phenoxy) is 1. The van der Waals surface area contributed by atoms with Crippen LogP contribution < -0.4 is 0 Å². The molecule has 1 aliphatic heterocycles. The lowest BCUT2D eigenvalue weighted by molar-refractivity contribution is 0.0663. The maximum atomic E-state index is 7.48. The van der Waals surface area contributed by atoms with E-state index < -0.39 is 15.0 Å². The number of rotatable bonds is 6. The molecule has 0 aromatic heterocycles. The normalized spacial score (nSPS) is 33.9. The maximum Gasteiger partial charge on any atom is 0.238 e. The van der Waals surface area contributed by atoms with E-state index in [1.165, 1.54) is 0 Å². The summed E-state index contributed by atoms with van der Waals surface area (Å²) in [6.45, 7) is 10.3. The van der Waals surface area contributed by atoms with Gasteiger partial charge in [0.1, 0.15) is 6.61 Å². The molecule has 84 valence electrons. The molecule has 0 spiro atoms. The highest BCUT2D eigenvalue weighted by atomic mass is 31.2. The highest BCUT2D eigenvalue weighted by Gasteiger charge is 2.27. The van der Waals surface area contributed by atoms with Crippen molar-refractivity contribution >= 4 is 8.38 Å². The monoisotopic (exact) mass is 232 g/mol. The summed E-state index contributed by atoms with van der Waals surface area (Å²) in [7, 11) is -1.26. The molecule has 1 rings (SSSR count). The molecule has 0 bridgehead atoms. The zero-order valence-electron chi connectivity index (χ0n) is 10.5. The van der Waals surface area contributed by atoms with Crippen molar-refractivity contribution in [2.24, 2.45) is 0 Å². The molecule has 1 fully saturated rings. The fraction of sp³-hybridized carbons (Fsp3) is 0.700. The van der Waals surface area contributed by atoms with E-state index >= 15 is 0 Å². The van der Waals surface area contributed by atoms with Crippen molar-refractivity contribution in [1.82, 2.24) is 0 Å². The Morgan fingerprint density at radius 2 is 2.87 bits per heavy atom. The van der Waals surface area contributed by atoms with Gasteiger partial charge in [-0.1, -0.05) is 6.58 Å². The minimum absolute atomic E-state index is 0.0718. The Hall–Kier alpha value is -0.460. The Labute approximate surface area is 94.8 Å². The number of hydrogen-bond donors (Lipinski definition) is 0. The van der Waals surface area contributed by atoms with Crippen LogP contribution in [0.4, 0.5) is 0 Å². The molecule has 0 saturated carbocycles. The van der Waals surface area contributed by atoms with Crippen molar-refractivity contribution in [3.05, 3.63) is 23.8 Å². The lowest BCUT2D eigenvalue weighted by Crippen LogP contribution is -2.19. The minimum Gasteiger partial charge on any atom is -0.376 e. The molecular weight excluding hydrogens is 213 g/mol. The predicted octanol–water partition coefficient (Wildman–Crippen LogP) is 2.57. The zero-order chi connectivity index (χ0) is 12.7. The molecule has 1 saturated heterocycles. The van der Waals surface area contributed by atoms with Crippen LogP contribution in [-0.4, -0.2) is 31.9 Å². The van der Waals surface area contributed by atoms with Crippen molar-refractivity contribution in [3.63, 3.8) is 0 Å². The first kappa shape index (κ1) is 9.74. The summed E-state index contributed by atoms with van der Waals surface area (Å²) >= 11 is 0. The molecule has 4 atom stereocenters. The van der Waals surface area contributed by atoms with Crippen LogP contribution in [-0.2, 0) is 13.8 Å². The van der Waals surface area contributed by atoms with Crippen LogP contribution >= 0.6 is 8.38 Å². The number of hydrogen-bond acceptors (Lipinski definition) is 3. The summed E-state index contributed by atoms with van der Waals surface area (Å²) in [5, 5.41) is 0. The average Bonchev–Trinajstić information content (AvgIpc) is 2.68. The highest BCUT2D eigenvalue weighted by molar-refractivity contribution is 7.50. The van der Waals surface area contributed by atoms with Gasteiger partial charge in [0.05, 0.1) is 13.6 Å². The van der Waals surface area contributed by atoms with Gasteiger partial charge in [0, 0.05) is 7.95 Å². The van der Waals surface area contributed by atoms with E-state index in [-0.39, 0.29) is 19.1 Å². The third kappa shape index (κ3) is 4.27. The smallest absolute Gasteiger partial charge is 0.238 e. The van der Waals surface area contributed by atoms with Gasteiger partial charge in [0.2, 0.25) is 6.54 Å². The molecule has 5 heteroatoms. The fourth-order valence-corrected chi connectivity index (χ4v) is 2.06. The molecule has 0 aromatic carbocycles. The second-order valence-corrected chi connectivity index (χ2v) is 4.31. The van der Waals surface area contributed by atoms with Gasteiger partial charge in [-0.05, 0) is 19.1 Å². The summed E-state index contributed by atoms with van der Waals surface area (Å²) in [6, 6.07) is 0. The van der Waals surface area contributed by atoms with E-state index in [4.69, 9.17) is 23.1 Å². The zero-order valence-corrected chi connectivity index (χ0v) is 9.36. The average molecular weight is 232 g/mol. The van der Waals surface area contributed by atoms with E-state index in [0.29, 0.717) is 19.6 Å². The summed E-state index contributed by atoms with van der Waals surface area (Å²) in [4.78, 5) is 3.18. The topological polar surface area (TPSA) is 32.1 Å². The van der Waals surface area contributed by atoms with E-state index in [0.717, 1.165) is 0 Å². The van der Waals surface area contributed by atoms with Crippen LogP contribution in [0.1, 0.15) is 16.1 Å². The molecule has 4 nitrogen and oxygen atoms in total. The lowest BCUT2D eigenvalue weighted by Gasteiger charge is -2.19. The third-order valence-corrected chi connectivity index (χ3v) is 3.04. The van der Waals surface area contributed by atoms with Crippen LogP contribution in [0.2, 0.25) is 0 Å². The van der Waals surface area contributed by atoms with Crippen LogP contribution in [0, 0.1) is 6.57 Å². The molecule has 0 radical (unpaired) electrons. The van der Waals surface area contributed by atoms with Crippen molar-refractivity contribution < 1.29 is 16.5 Å². The standard InChI is InChI=1S/C10H16NO3P/c1-4-15(13-8-6-11-3)14-10-5-7-12-9(10)2/h4,9-10H,1,5-8H2,2H3/t9-,10+,15?/m1/s1/i2D,7T/t7-,9-,10+,15?. The lowest BCUT2D eigenvalue weighted by atomic mass is 10.2. The van der Waals surface area contributed by atoms with Crippen LogP contribution in [0.5, 0.6) is 0 Å². The van der Waals surface area contributed by atoms with Gasteiger partial charge >= 0.3 is 0 Å². The predicted molar refractivity (Wildman–Crippen MR) is 59.4 cm³/mol. The van der Waals surface area contributed by atoms with E-state index in [9.17, 15) is 0 Å².